The molecule has 1 aliphatic heterocycles. The molecule has 1 nitrogen and oxygen atoms in total. The number of halogens is 3. The molecule has 22 heavy (non-hydrogen) atoms. The highest BCUT2D eigenvalue weighted by Crippen LogP contribution is 2.42. The van der Waals surface area contributed by atoms with Gasteiger partial charge in [0.1, 0.15) is 5.75 Å². The molecule has 0 aromatic heterocycles. The molecule has 4 heteroatoms. The minimum absolute atomic E-state index is 0.0796. The minimum Gasteiger partial charge on any atom is -0.476 e. The van der Waals surface area contributed by atoms with Crippen molar-refractivity contribution in [3.8, 4) is 5.75 Å². The summed E-state index contributed by atoms with van der Waals surface area (Å²) in [6.07, 6.45) is -3.66. The summed E-state index contributed by atoms with van der Waals surface area (Å²) in [6, 6.07) is 3.90. The van der Waals surface area contributed by atoms with Crippen LogP contribution in [-0.4, -0.2) is 12.3 Å². The van der Waals surface area contributed by atoms with Crippen molar-refractivity contribution in [2.24, 2.45) is 0 Å². The highest BCUT2D eigenvalue weighted by molar-refractivity contribution is 5.65. The molecule has 2 rings (SSSR count). The second-order valence-electron chi connectivity index (χ2n) is 7.88. The molecular weight excluding hydrogens is 289 g/mol. The van der Waals surface area contributed by atoms with E-state index in [4.69, 9.17) is 4.74 Å². The molecule has 0 radical (unpaired) electrons. The Labute approximate surface area is 130 Å². The first-order valence-corrected chi connectivity index (χ1v) is 7.41. The zero-order chi connectivity index (χ0) is 16.9. The SMILES string of the molecule is CC(C)(C)c1cc2c(c(C(C)(C)C)c1)OC(C(F)(F)F)C=C2. The summed E-state index contributed by atoms with van der Waals surface area (Å²) in [6.45, 7) is 12.2. The Balaban J connectivity index is 2.62. The summed E-state index contributed by atoms with van der Waals surface area (Å²) in [5.74, 6) is 0.352. The molecule has 1 heterocycles. The van der Waals surface area contributed by atoms with Gasteiger partial charge in [0.2, 0.25) is 6.10 Å². The lowest BCUT2D eigenvalue weighted by atomic mass is 9.78. The molecule has 0 saturated carbocycles. The molecular formula is C18H23F3O. The van der Waals surface area contributed by atoms with Crippen molar-refractivity contribution in [2.45, 2.75) is 64.7 Å². The maximum atomic E-state index is 13.0. The number of ether oxygens (including phenoxy) is 1. The van der Waals surface area contributed by atoms with Gasteiger partial charge in [-0.1, -0.05) is 53.7 Å². The summed E-state index contributed by atoms with van der Waals surface area (Å²) in [4.78, 5) is 0. The Morgan fingerprint density at radius 1 is 0.909 bits per heavy atom. The molecule has 0 aliphatic carbocycles. The summed E-state index contributed by atoms with van der Waals surface area (Å²) in [7, 11) is 0. The molecule has 122 valence electrons. The maximum absolute atomic E-state index is 13.0. The van der Waals surface area contributed by atoms with Crippen LogP contribution >= 0.6 is 0 Å². The van der Waals surface area contributed by atoms with E-state index in [9.17, 15) is 13.2 Å². The standard InChI is InChI=1S/C18H23F3O/c1-16(2,3)12-9-11-7-8-14(18(19,20)21)22-15(11)13(10-12)17(4,5)6/h7-10,14H,1-6H3. The monoisotopic (exact) mass is 312 g/mol. The molecule has 1 atom stereocenters. The molecule has 1 aliphatic rings. The van der Waals surface area contributed by atoms with Gasteiger partial charge in [0, 0.05) is 11.1 Å². The van der Waals surface area contributed by atoms with E-state index in [-0.39, 0.29) is 10.8 Å². The van der Waals surface area contributed by atoms with Crippen LogP contribution in [-0.2, 0) is 10.8 Å². The fraction of sp³-hybridized carbons (Fsp3) is 0.556. The van der Waals surface area contributed by atoms with Gasteiger partial charge in [-0.2, -0.15) is 13.2 Å². The summed E-state index contributed by atoms with van der Waals surface area (Å²) in [5.41, 5.74) is 2.25. The van der Waals surface area contributed by atoms with Crippen LogP contribution in [0.1, 0.15) is 58.2 Å². The van der Waals surface area contributed by atoms with E-state index < -0.39 is 12.3 Å². The first-order valence-electron chi connectivity index (χ1n) is 7.41. The zero-order valence-electron chi connectivity index (χ0n) is 13.9. The van der Waals surface area contributed by atoms with Crippen molar-refractivity contribution in [2.75, 3.05) is 0 Å². The highest BCUT2D eigenvalue weighted by Gasteiger charge is 2.42. The van der Waals surface area contributed by atoms with E-state index >= 15 is 0 Å². The summed E-state index contributed by atoms with van der Waals surface area (Å²) in [5, 5.41) is 0. The maximum Gasteiger partial charge on any atom is 0.429 e. The van der Waals surface area contributed by atoms with E-state index in [1.807, 2.05) is 32.9 Å². The molecule has 0 amide bonds. The molecule has 1 unspecified atom stereocenters. The van der Waals surface area contributed by atoms with E-state index in [2.05, 4.69) is 20.8 Å². The first kappa shape index (κ1) is 16.9. The predicted octanol–water partition coefficient (Wildman–Crippen LogP) is 5.62. The van der Waals surface area contributed by atoms with E-state index in [0.29, 0.717) is 5.75 Å². The van der Waals surface area contributed by atoms with Gasteiger partial charge in [-0.3, -0.25) is 0 Å². The third kappa shape index (κ3) is 3.31. The van der Waals surface area contributed by atoms with Gasteiger partial charge in [-0.05, 0) is 28.5 Å². The lowest BCUT2D eigenvalue weighted by Crippen LogP contribution is -2.35. The van der Waals surface area contributed by atoms with Crippen LogP contribution in [0.5, 0.6) is 5.75 Å². The number of benzene rings is 1. The third-order valence-corrected chi connectivity index (χ3v) is 3.81. The van der Waals surface area contributed by atoms with Crippen LogP contribution < -0.4 is 4.74 Å². The quantitative estimate of drug-likeness (QED) is 0.604. The van der Waals surface area contributed by atoms with Gasteiger partial charge in [0.15, 0.2) is 0 Å². The third-order valence-electron chi connectivity index (χ3n) is 3.81. The second-order valence-corrected chi connectivity index (χ2v) is 7.88. The van der Waals surface area contributed by atoms with Crippen LogP contribution in [0.4, 0.5) is 13.2 Å². The number of hydrogen-bond acceptors (Lipinski definition) is 1. The Morgan fingerprint density at radius 3 is 1.95 bits per heavy atom. The Morgan fingerprint density at radius 2 is 1.50 bits per heavy atom. The Bertz CT molecular complexity index is 598. The summed E-state index contributed by atoms with van der Waals surface area (Å²) < 4.78 is 44.2. The van der Waals surface area contributed by atoms with Crippen molar-refractivity contribution in [3.63, 3.8) is 0 Å². The fourth-order valence-corrected chi connectivity index (χ4v) is 2.43. The number of hydrogen-bond donors (Lipinski definition) is 0. The van der Waals surface area contributed by atoms with Gasteiger partial charge in [0.25, 0.3) is 0 Å². The predicted molar refractivity (Wildman–Crippen MR) is 83.3 cm³/mol. The van der Waals surface area contributed by atoms with Crippen LogP contribution in [0, 0.1) is 0 Å². The molecule has 0 fully saturated rings. The summed E-state index contributed by atoms with van der Waals surface area (Å²) >= 11 is 0. The number of alkyl halides is 3. The van der Waals surface area contributed by atoms with Gasteiger partial charge >= 0.3 is 6.18 Å². The van der Waals surface area contributed by atoms with Gasteiger partial charge < -0.3 is 4.74 Å². The average Bonchev–Trinajstić information content (AvgIpc) is 2.33. The Hall–Kier alpha value is -1.45. The Kier molecular flexibility index (Phi) is 3.87. The molecule has 1 aromatic rings. The normalized spacial score (nSPS) is 18.9. The van der Waals surface area contributed by atoms with Crippen molar-refractivity contribution >= 4 is 6.08 Å². The van der Waals surface area contributed by atoms with E-state index in [0.717, 1.165) is 22.8 Å². The van der Waals surface area contributed by atoms with E-state index in [1.165, 1.54) is 6.08 Å². The van der Waals surface area contributed by atoms with Crippen molar-refractivity contribution in [1.82, 2.24) is 0 Å². The van der Waals surface area contributed by atoms with Crippen molar-refractivity contribution in [3.05, 3.63) is 34.9 Å². The van der Waals surface area contributed by atoms with Gasteiger partial charge in [0.05, 0.1) is 0 Å². The largest absolute Gasteiger partial charge is 0.476 e. The van der Waals surface area contributed by atoms with Crippen molar-refractivity contribution in [1.29, 1.82) is 0 Å². The van der Waals surface area contributed by atoms with Crippen LogP contribution in [0.15, 0.2) is 18.2 Å². The van der Waals surface area contributed by atoms with Crippen LogP contribution in [0.2, 0.25) is 0 Å². The molecule has 0 bridgehead atoms. The number of rotatable bonds is 0. The smallest absolute Gasteiger partial charge is 0.429 e. The first-order chi connectivity index (χ1) is 9.80. The van der Waals surface area contributed by atoms with Crippen LogP contribution in [0.25, 0.3) is 6.08 Å². The van der Waals surface area contributed by atoms with Gasteiger partial charge in [-0.15, -0.1) is 0 Å². The van der Waals surface area contributed by atoms with Crippen LogP contribution in [0.3, 0.4) is 0 Å². The van der Waals surface area contributed by atoms with Crippen molar-refractivity contribution < 1.29 is 17.9 Å². The lowest BCUT2D eigenvalue weighted by molar-refractivity contribution is -0.180. The average molecular weight is 312 g/mol. The molecule has 1 aromatic carbocycles. The van der Waals surface area contributed by atoms with Gasteiger partial charge in [-0.25, -0.2) is 0 Å². The minimum atomic E-state index is -4.40. The lowest BCUT2D eigenvalue weighted by Gasteiger charge is -2.32. The topological polar surface area (TPSA) is 9.23 Å². The highest BCUT2D eigenvalue weighted by atomic mass is 19.4. The molecule has 0 saturated heterocycles. The fourth-order valence-electron chi connectivity index (χ4n) is 2.43. The molecule has 0 spiro atoms. The second kappa shape index (κ2) is 5.04. The van der Waals surface area contributed by atoms with E-state index in [1.54, 1.807) is 0 Å². The molecule has 0 N–H and O–H groups in total. The number of fused-ring (bicyclic) bond motifs is 1. The zero-order valence-corrected chi connectivity index (χ0v) is 13.9.